The predicted molar refractivity (Wildman–Crippen MR) is 122 cm³/mol. The first-order valence-electron chi connectivity index (χ1n) is 10.8. The van der Waals surface area contributed by atoms with Gasteiger partial charge in [0.25, 0.3) is 0 Å². The minimum absolute atomic E-state index is 0.163. The third-order valence-electron chi connectivity index (χ3n) is 5.31. The molecule has 0 aliphatic heterocycles. The molecule has 0 unspecified atom stereocenters. The molecule has 0 bridgehead atoms. The average Bonchev–Trinajstić information content (AvgIpc) is 3.05. The van der Waals surface area contributed by atoms with E-state index >= 15 is 0 Å². The number of aromatic nitrogens is 2. The second-order valence-corrected chi connectivity index (χ2v) is 8.20. The van der Waals surface area contributed by atoms with Crippen LogP contribution in [0.1, 0.15) is 32.8 Å². The highest BCUT2D eigenvalue weighted by Gasteiger charge is 2.24. The summed E-state index contributed by atoms with van der Waals surface area (Å²) in [5.41, 5.74) is 2.65. The number of hydrogen-bond acceptors (Lipinski definition) is 4. The van der Waals surface area contributed by atoms with Crippen LogP contribution in [0.2, 0.25) is 0 Å². The van der Waals surface area contributed by atoms with Crippen LogP contribution in [0.25, 0.3) is 11.3 Å². The van der Waals surface area contributed by atoms with Crippen LogP contribution in [-0.4, -0.2) is 39.0 Å². The molecule has 5 nitrogen and oxygen atoms in total. The Morgan fingerprint density at radius 3 is 2.42 bits per heavy atom. The van der Waals surface area contributed by atoms with E-state index in [0.717, 1.165) is 29.8 Å². The molecule has 6 heteroatoms. The van der Waals surface area contributed by atoms with Crippen LogP contribution >= 0.6 is 0 Å². The third-order valence-corrected chi connectivity index (χ3v) is 5.31. The average molecular weight is 426 g/mol. The Bertz CT molecular complexity index is 972. The Hall–Kier alpha value is -2.70. The number of para-hydroxylation sites is 1. The molecule has 0 radical (unpaired) electrons. The summed E-state index contributed by atoms with van der Waals surface area (Å²) in [5, 5.41) is 15.2. The Labute approximate surface area is 184 Å². The van der Waals surface area contributed by atoms with E-state index in [1.54, 1.807) is 29.9 Å². The molecule has 1 N–H and O–H groups in total. The second-order valence-electron chi connectivity index (χ2n) is 8.20. The van der Waals surface area contributed by atoms with E-state index < -0.39 is 11.9 Å². The molecule has 0 amide bonds. The first-order chi connectivity index (χ1) is 14.9. The van der Waals surface area contributed by atoms with Crippen molar-refractivity contribution in [2.45, 2.75) is 39.8 Å². The maximum absolute atomic E-state index is 14.3. The van der Waals surface area contributed by atoms with Crippen molar-refractivity contribution < 1.29 is 14.2 Å². The van der Waals surface area contributed by atoms with E-state index in [4.69, 9.17) is 9.84 Å². The summed E-state index contributed by atoms with van der Waals surface area (Å²) in [6, 6.07) is 16.3. The quantitative estimate of drug-likeness (QED) is 0.482. The fraction of sp³-hybridized carbons (Fsp3) is 0.400. The largest absolute Gasteiger partial charge is 0.436 e. The van der Waals surface area contributed by atoms with E-state index in [1.807, 2.05) is 44.2 Å². The normalized spacial score (nSPS) is 12.5. The Morgan fingerprint density at radius 2 is 1.77 bits per heavy atom. The summed E-state index contributed by atoms with van der Waals surface area (Å²) >= 11 is 0. The smallest absolute Gasteiger partial charge is 0.222 e. The molecule has 1 heterocycles. The van der Waals surface area contributed by atoms with Gasteiger partial charge >= 0.3 is 0 Å². The molecule has 3 aromatic rings. The maximum atomic E-state index is 14.3. The first-order valence-corrected chi connectivity index (χ1v) is 10.8. The minimum Gasteiger partial charge on any atom is -0.436 e. The number of benzene rings is 2. The number of ether oxygens (including phenoxy) is 1. The summed E-state index contributed by atoms with van der Waals surface area (Å²) in [4.78, 5) is 2.21. The van der Waals surface area contributed by atoms with Gasteiger partial charge in [-0.3, -0.25) is 4.90 Å². The van der Waals surface area contributed by atoms with Crippen molar-refractivity contribution in [1.82, 2.24) is 14.7 Å². The topological polar surface area (TPSA) is 50.5 Å². The number of rotatable bonds is 10. The summed E-state index contributed by atoms with van der Waals surface area (Å²) in [5.74, 6) is 0.409. The molecular weight excluding hydrogens is 393 g/mol. The van der Waals surface area contributed by atoms with Crippen LogP contribution in [0, 0.1) is 11.7 Å². The molecule has 0 aliphatic carbocycles. The number of aryl methyl sites for hydroxylation is 1. The monoisotopic (exact) mass is 425 g/mol. The number of nitrogens with zero attached hydrogens (tertiary/aromatic N) is 3. The van der Waals surface area contributed by atoms with Gasteiger partial charge in [0.15, 0.2) is 11.6 Å². The highest BCUT2D eigenvalue weighted by Crippen LogP contribution is 2.35. The lowest BCUT2D eigenvalue weighted by atomic mass is 10.0. The zero-order chi connectivity index (χ0) is 22.4. The van der Waals surface area contributed by atoms with Crippen LogP contribution in [0.4, 0.5) is 4.39 Å². The maximum Gasteiger partial charge on any atom is 0.222 e. The van der Waals surface area contributed by atoms with Gasteiger partial charge in [0.2, 0.25) is 5.88 Å². The molecule has 166 valence electrons. The van der Waals surface area contributed by atoms with Gasteiger partial charge in [0, 0.05) is 25.7 Å². The SMILES string of the molecule is CCCN(Cc1c(-c2ccccc2)nn(C)c1Oc1ccccc1F)C[C@@H](O)C(C)C. The molecule has 1 aromatic heterocycles. The van der Waals surface area contributed by atoms with Crippen LogP contribution in [-0.2, 0) is 13.6 Å². The van der Waals surface area contributed by atoms with Crippen LogP contribution in [0.15, 0.2) is 54.6 Å². The molecule has 0 saturated carbocycles. The summed E-state index contributed by atoms with van der Waals surface area (Å²) in [7, 11) is 1.80. The summed E-state index contributed by atoms with van der Waals surface area (Å²) < 4.78 is 22.0. The first kappa shape index (κ1) is 23.0. The predicted octanol–water partition coefficient (Wildman–Crippen LogP) is 5.25. The van der Waals surface area contributed by atoms with Crippen LogP contribution in [0.5, 0.6) is 11.6 Å². The molecule has 0 fully saturated rings. The van der Waals surface area contributed by atoms with E-state index in [0.29, 0.717) is 19.0 Å². The Kier molecular flexibility index (Phi) is 7.82. The fourth-order valence-corrected chi connectivity index (χ4v) is 3.53. The van der Waals surface area contributed by atoms with Crippen molar-refractivity contribution in [2.24, 2.45) is 13.0 Å². The summed E-state index contributed by atoms with van der Waals surface area (Å²) in [6.45, 7) is 8.06. The number of halogens is 1. The minimum atomic E-state index is -0.431. The summed E-state index contributed by atoms with van der Waals surface area (Å²) in [6.07, 6.45) is 0.522. The third kappa shape index (κ3) is 5.71. The van der Waals surface area contributed by atoms with Gasteiger partial charge in [-0.1, -0.05) is 63.2 Å². The van der Waals surface area contributed by atoms with Gasteiger partial charge in [0.1, 0.15) is 5.69 Å². The Balaban J connectivity index is 2.02. The van der Waals surface area contributed by atoms with E-state index in [1.165, 1.54) is 6.07 Å². The van der Waals surface area contributed by atoms with Crippen molar-refractivity contribution in [3.05, 3.63) is 66.0 Å². The van der Waals surface area contributed by atoms with E-state index in [2.05, 4.69) is 11.8 Å². The molecule has 0 saturated heterocycles. The zero-order valence-corrected chi connectivity index (χ0v) is 18.8. The highest BCUT2D eigenvalue weighted by atomic mass is 19.1. The van der Waals surface area contributed by atoms with Crippen molar-refractivity contribution in [1.29, 1.82) is 0 Å². The van der Waals surface area contributed by atoms with Gasteiger partial charge < -0.3 is 9.84 Å². The number of hydrogen-bond donors (Lipinski definition) is 1. The van der Waals surface area contributed by atoms with E-state index in [9.17, 15) is 9.50 Å². The number of aliphatic hydroxyl groups is 1. The molecule has 0 aliphatic rings. The van der Waals surface area contributed by atoms with Gasteiger partial charge in [-0.25, -0.2) is 9.07 Å². The van der Waals surface area contributed by atoms with Gasteiger partial charge in [-0.2, -0.15) is 5.10 Å². The van der Waals surface area contributed by atoms with Gasteiger partial charge in [-0.15, -0.1) is 0 Å². The molecule has 0 spiro atoms. The fourth-order valence-electron chi connectivity index (χ4n) is 3.53. The lowest BCUT2D eigenvalue weighted by molar-refractivity contribution is 0.0729. The second kappa shape index (κ2) is 10.6. The molecule has 3 rings (SSSR count). The van der Waals surface area contributed by atoms with Crippen molar-refractivity contribution in [2.75, 3.05) is 13.1 Å². The highest BCUT2D eigenvalue weighted by molar-refractivity contribution is 5.65. The van der Waals surface area contributed by atoms with Crippen LogP contribution < -0.4 is 4.74 Å². The van der Waals surface area contributed by atoms with E-state index in [-0.39, 0.29) is 11.7 Å². The van der Waals surface area contributed by atoms with Crippen molar-refractivity contribution in [3.8, 4) is 22.9 Å². The number of aliphatic hydroxyl groups excluding tert-OH is 1. The Morgan fingerprint density at radius 1 is 1.10 bits per heavy atom. The molecule has 31 heavy (non-hydrogen) atoms. The van der Waals surface area contributed by atoms with Crippen molar-refractivity contribution in [3.63, 3.8) is 0 Å². The molecule has 1 atom stereocenters. The lowest BCUT2D eigenvalue weighted by Gasteiger charge is -2.26. The van der Waals surface area contributed by atoms with Gasteiger partial charge in [-0.05, 0) is 31.0 Å². The zero-order valence-electron chi connectivity index (χ0n) is 18.8. The molecule has 2 aromatic carbocycles. The standard InChI is InChI=1S/C25H32FN3O2/c1-5-15-29(17-22(30)18(2)3)16-20-24(19-11-7-6-8-12-19)27-28(4)25(20)31-23-14-10-9-13-21(23)26/h6-14,18,22,30H,5,15-17H2,1-4H3/t22-/m1/s1. The lowest BCUT2D eigenvalue weighted by Crippen LogP contribution is -2.35. The van der Waals surface area contributed by atoms with Gasteiger partial charge in [0.05, 0.1) is 11.7 Å². The molecular formula is C25H32FN3O2. The van der Waals surface area contributed by atoms with Crippen molar-refractivity contribution >= 4 is 0 Å². The van der Waals surface area contributed by atoms with Crippen LogP contribution in [0.3, 0.4) is 0 Å².